The largest absolute Gasteiger partial charge is 0.493 e. The van der Waals surface area contributed by atoms with E-state index in [4.69, 9.17) is 9.47 Å². The number of aliphatic hydroxyl groups excluding tert-OH is 1. The highest BCUT2D eigenvalue weighted by Crippen LogP contribution is 2.33. The Morgan fingerprint density at radius 2 is 1.37 bits per heavy atom. The molecule has 148 valence electrons. The van der Waals surface area contributed by atoms with Gasteiger partial charge < -0.3 is 14.6 Å². The fourth-order valence-corrected chi connectivity index (χ4v) is 2.68. The number of rotatable bonds is 10. The van der Waals surface area contributed by atoms with Gasteiger partial charge in [0.25, 0.3) is 0 Å². The molecule has 0 aliphatic heterocycles. The van der Waals surface area contributed by atoms with E-state index in [0.717, 1.165) is 16.9 Å². The second-order valence-corrected chi connectivity index (χ2v) is 7.08. The average Bonchev–Trinajstić information content (AvgIpc) is 2.66. The van der Waals surface area contributed by atoms with Crippen LogP contribution in [0.3, 0.4) is 0 Å². The lowest BCUT2D eigenvalue weighted by Gasteiger charge is -2.26. The lowest BCUT2D eigenvalue weighted by molar-refractivity contribution is 0.104. The number of alkyl halides is 2. The zero-order valence-electron chi connectivity index (χ0n) is 16.1. The molecule has 0 fully saturated rings. The highest BCUT2D eigenvalue weighted by Gasteiger charge is 2.23. The smallest absolute Gasteiger partial charge is 0.241 e. The van der Waals surface area contributed by atoms with Crippen LogP contribution in [0.1, 0.15) is 44.7 Å². The molecule has 27 heavy (non-hydrogen) atoms. The Morgan fingerprint density at radius 1 is 0.889 bits per heavy atom. The number of aliphatic hydroxyl groups is 1. The van der Waals surface area contributed by atoms with Crippen molar-refractivity contribution in [1.29, 1.82) is 0 Å². The molecule has 0 aliphatic rings. The summed E-state index contributed by atoms with van der Waals surface area (Å²) in [6.45, 7) is 6.45. The normalized spacial score (nSPS) is 12.9. The summed E-state index contributed by atoms with van der Waals surface area (Å²) in [6.07, 6.45) is -2.41. The van der Waals surface area contributed by atoms with Gasteiger partial charge in [-0.25, -0.2) is 8.78 Å². The Kier molecular flexibility index (Phi) is 7.60. The van der Waals surface area contributed by atoms with Crippen LogP contribution in [-0.4, -0.2) is 30.8 Å². The van der Waals surface area contributed by atoms with Crippen LogP contribution in [0.15, 0.2) is 48.5 Å². The standard InChI is InChI=1S/C22H28F2O3/c1-4-18(25)15-27-20-11-7-17(8-12-20)22(2,3)16-5-9-19(10-6-16)26-14-13-21(23)24/h5-12,18,21,25H,4,13-15H2,1-3H3. The minimum Gasteiger partial charge on any atom is -0.493 e. The number of halogens is 2. The van der Waals surface area contributed by atoms with Gasteiger partial charge in [0.15, 0.2) is 0 Å². The summed E-state index contributed by atoms with van der Waals surface area (Å²) < 4.78 is 35.3. The first-order valence-corrected chi connectivity index (χ1v) is 9.25. The number of benzene rings is 2. The Balaban J connectivity index is 2.02. The predicted molar refractivity (Wildman–Crippen MR) is 103 cm³/mol. The second-order valence-electron chi connectivity index (χ2n) is 7.08. The van der Waals surface area contributed by atoms with E-state index in [9.17, 15) is 13.9 Å². The predicted octanol–water partition coefficient (Wildman–Crippen LogP) is 5.20. The first kappa shape index (κ1) is 21.2. The first-order valence-electron chi connectivity index (χ1n) is 9.25. The van der Waals surface area contributed by atoms with E-state index in [2.05, 4.69) is 13.8 Å². The van der Waals surface area contributed by atoms with E-state index >= 15 is 0 Å². The van der Waals surface area contributed by atoms with E-state index in [0.29, 0.717) is 12.2 Å². The summed E-state index contributed by atoms with van der Waals surface area (Å²) in [5, 5.41) is 9.58. The van der Waals surface area contributed by atoms with Gasteiger partial charge >= 0.3 is 0 Å². The van der Waals surface area contributed by atoms with Crippen LogP contribution in [0.25, 0.3) is 0 Å². The van der Waals surface area contributed by atoms with Crippen molar-refractivity contribution in [3.63, 3.8) is 0 Å². The minimum atomic E-state index is -2.35. The fraction of sp³-hybridized carbons (Fsp3) is 0.455. The Bertz CT molecular complexity index is 682. The van der Waals surface area contributed by atoms with E-state index in [1.165, 1.54) is 0 Å². The van der Waals surface area contributed by atoms with Gasteiger partial charge in [-0.2, -0.15) is 0 Å². The van der Waals surface area contributed by atoms with E-state index in [-0.39, 0.29) is 25.0 Å². The van der Waals surface area contributed by atoms with Crippen LogP contribution in [0.4, 0.5) is 8.78 Å². The van der Waals surface area contributed by atoms with Crippen molar-refractivity contribution in [3.8, 4) is 11.5 Å². The summed E-state index contributed by atoms with van der Waals surface area (Å²) in [5.74, 6) is 1.32. The lowest BCUT2D eigenvalue weighted by Crippen LogP contribution is -2.19. The van der Waals surface area contributed by atoms with Gasteiger partial charge in [-0.1, -0.05) is 45.0 Å². The summed E-state index contributed by atoms with van der Waals surface area (Å²) in [5.41, 5.74) is 1.99. The third-order valence-corrected chi connectivity index (χ3v) is 4.67. The fourth-order valence-electron chi connectivity index (χ4n) is 2.68. The number of hydrogen-bond donors (Lipinski definition) is 1. The van der Waals surface area contributed by atoms with E-state index < -0.39 is 12.5 Å². The molecule has 0 aliphatic carbocycles. The molecule has 2 aromatic carbocycles. The van der Waals surface area contributed by atoms with Crippen molar-refractivity contribution in [2.24, 2.45) is 0 Å². The zero-order valence-corrected chi connectivity index (χ0v) is 16.1. The van der Waals surface area contributed by atoms with Gasteiger partial charge in [-0.15, -0.1) is 0 Å². The van der Waals surface area contributed by atoms with Gasteiger partial charge in [-0.3, -0.25) is 0 Å². The molecule has 0 spiro atoms. The van der Waals surface area contributed by atoms with Gasteiger partial charge in [0.05, 0.1) is 12.7 Å². The number of ether oxygens (including phenoxy) is 2. The van der Waals surface area contributed by atoms with Gasteiger partial charge in [0.1, 0.15) is 18.1 Å². The molecule has 0 amide bonds. The molecule has 1 N–H and O–H groups in total. The van der Waals surface area contributed by atoms with Crippen LogP contribution >= 0.6 is 0 Å². The Labute approximate surface area is 159 Å². The van der Waals surface area contributed by atoms with Crippen LogP contribution < -0.4 is 9.47 Å². The van der Waals surface area contributed by atoms with Crippen LogP contribution in [0, 0.1) is 0 Å². The summed E-state index contributed by atoms with van der Waals surface area (Å²) in [7, 11) is 0. The lowest BCUT2D eigenvalue weighted by atomic mass is 9.78. The topological polar surface area (TPSA) is 38.7 Å². The molecular weight excluding hydrogens is 350 g/mol. The van der Waals surface area contributed by atoms with Crippen molar-refractivity contribution in [1.82, 2.24) is 0 Å². The molecule has 2 aromatic rings. The third kappa shape index (κ3) is 6.21. The van der Waals surface area contributed by atoms with Crippen molar-refractivity contribution >= 4 is 0 Å². The highest BCUT2D eigenvalue weighted by molar-refractivity contribution is 5.41. The van der Waals surface area contributed by atoms with E-state index in [1.807, 2.05) is 55.5 Å². The molecule has 2 rings (SSSR count). The molecule has 0 saturated carbocycles. The maximum Gasteiger partial charge on any atom is 0.241 e. The molecule has 0 heterocycles. The first-order chi connectivity index (χ1) is 12.8. The Hall–Kier alpha value is -2.14. The van der Waals surface area contributed by atoms with Gasteiger partial charge in [0.2, 0.25) is 6.43 Å². The molecule has 0 bridgehead atoms. The molecule has 0 saturated heterocycles. The molecule has 5 heteroatoms. The third-order valence-electron chi connectivity index (χ3n) is 4.67. The van der Waals surface area contributed by atoms with Crippen LogP contribution in [0.2, 0.25) is 0 Å². The van der Waals surface area contributed by atoms with Crippen molar-refractivity contribution in [2.45, 2.75) is 51.6 Å². The molecule has 0 radical (unpaired) electrons. The number of hydrogen-bond acceptors (Lipinski definition) is 3. The average molecular weight is 378 g/mol. The van der Waals surface area contributed by atoms with Crippen LogP contribution in [-0.2, 0) is 5.41 Å². The molecule has 1 unspecified atom stereocenters. The molecular formula is C22H28F2O3. The van der Waals surface area contributed by atoms with Gasteiger partial charge in [0, 0.05) is 11.8 Å². The monoisotopic (exact) mass is 378 g/mol. The summed E-state index contributed by atoms with van der Waals surface area (Å²) in [6, 6.07) is 15.4. The SMILES string of the molecule is CCC(O)COc1ccc(C(C)(C)c2ccc(OCCC(F)F)cc2)cc1. The maximum absolute atomic E-state index is 12.2. The minimum absolute atomic E-state index is 0.00853. The summed E-state index contributed by atoms with van der Waals surface area (Å²) in [4.78, 5) is 0. The van der Waals surface area contributed by atoms with Crippen molar-refractivity contribution < 1.29 is 23.4 Å². The van der Waals surface area contributed by atoms with E-state index in [1.54, 1.807) is 0 Å². The molecule has 1 atom stereocenters. The van der Waals surface area contributed by atoms with Crippen LogP contribution in [0.5, 0.6) is 11.5 Å². The summed E-state index contributed by atoms with van der Waals surface area (Å²) >= 11 is 0. The molecule has 0 aromatic heterocycles. The highest BCUT2D eigenvalue weighted by atomic mass is 19.3. The van der Waals surface area contributed by atoms with Crippen molar-refractivity contribution in [2.75, 3.05) is 13.2 Å². The van der Waals surface area contributed by atoms with Gasteiger partial charge in [-0.05, 0) is 41.8 Å². The maximum atomic E-state index is 12.2. The Morgan fingerprint density at radius 3 is 1.81 bits per heavy atom. The molecule has 3 nitrogen and oxygen atoms in total. The second kappa shape index (κ2) is 9.70. The zero-order chi connectivity index (χ0) is 19.9. The van der Waals surface area contributed by atoms with Crippen molar-refractivity contribution in [3.05, 3.63) is 59.7 Å². The quantitative estimate of drug-likeness (QED) is 0.618.